The van der Waals surface area contributed by atoms with Crippen LogP contribution in [0.2, 0.25) is 0 Å². The summed E-state index contributed by atoms with van der Waals surface area (Å²) in [5, 5.41) is 0. The fourth-order valence-electron chi connectivity index (χ4n) is 4.81. The van der Waals surface area contributed by atoms with Crippen molar-refractivity contribution in [2.24, 2.45) is 5.41 Å². The molecule has 142 valence electrons. The number of hydrogen-bond acceptors (Lipinski definition) is 3. The van der Waals surface area contributed by atoms with Gasteiger partial charge >= 0.3 is 0 Å². The lowest BCUT2D eigenvalue weighted by Crippen LogP contribution is -2.46. The minimum atomic E-state index is 0.139. The summed E-state index contributed by atoms with van der Waals surface area (Å²) in [4.78, 5) is 21.3. The van der Waals surface area contributed by atoms with Gasteiger partial charge in [0.25, 0.3) is 5.91 Å². The maximum Gasteiger partial charge on any atom is 0.253 e. The molecule has 2 saturated heterocycles. The Morgan fingerprint density at radius 3 is 2.37 bits per heavy atom. The van der Waals surface area contributed by atoms with Gasteiger partial charge in [0, 0.05) is 56.1 Å². The highest BCUT2D eigenvalue weighted by Gasteiger charge is 2.43. The van der Waals surface area contributed by atoms with Crippen molar-refractivity contribution in [2.75, 3.05) is 26.2 Å². The number of aromatic nitrogens is 1. The average molecular weight is 364 g/mol. The SMILES string of the molecule is CC1(C)CN(C2CCN(C(=O)c3ccncc3)CC2)C[C@H]1c1ccccc1. The lowest BCUT2D eigenvalue weighted by Gasteiger charge is -2.37. The van der Waals surface area contributed by atoms with Gasteiger partial charge in [-0.05, 0) is 36.0 Å². The van der Waals surface area contributed by atoms with Gasteiger partial charge in [-0.15, -0.1) is 0 Å². The Kier molecular flexibility index (Phi) is 5.00. The van der Waals surface area contributed by atoms with Crippen molar-refractivity contribution in [2.45, 2.75) is 38.6 Å². The molecule has 4 nitrogen and oxygen atoms in total. The number of nitrogens with zero attached hydrogens (tertiary/aromatic N) is 3. The number of rotatable bonds is 3. The predicted molar refractivity (Wildman–Crippen MR) is 108 cm³/mol. The highest BCUT2D eigenvalue weighted by atomic mass is 16.2. The predicted octanol–water partition coefficient (Wildman–Crippen LogP) is 3.81. The fourth-order valence-corrected chi connectivity index (χ4v) is 4.81. The van der Waals surface area contributed by atoms with E-state index in [1.807, 2.05) is 17.0 Å². The first-order valence-corrected chi connectivity index (χ1v) is 10.0. The molecular formula is C23H29N3O. The van der Waals surface area contributed by atoms with E-state index < -0.39 is 0 Å². The van der Waals surface area contributed by atoms with Gasteiger partial charge in [0.05, 0.1) is 0 Å². The molecule has 1 amide bonds. The first-order valence-electron chi connectivity index (χ1n) is 10.0. The summed E-state index contributed by atoms with van der Waals surface area (Å²) in [6.45, 7) is 8.74. The Morgan fingerprint density at radius 2 is 1.70 bits per heavy atom. The van der Waals surface area contributed by atoms with Crippen LogP contribution in [0.1, 0.15) is 48.5 Å². The van der Waals surface area contributed by atoms with Crippen molar-refractivity contribution in [3.63, 3.8) is 0 Å². The fraction of sp³-hybridized carbons (Fsp3) is 0.478. The highest BCUT2D eigenvalue weighted by molar-refractivity contribution is 5.94. The van der Waals surface area contributed by atoms with Gasteiger partial charge in [-0.3, -0.25) is 14.7 Å². The smallest absolute Gasteiger partial charge is 0.253 e. The second kappa shape index (κ2) is 7.43. The van der Waals surface area contributed by atoms with Crippen LogP contribution in [0.3, 0.4) is 0 Å². The van der Waals surface area contributed by atoms with Crippen molar-refractivity contribution in [3.8, 4) is 0 Å². The Morgan fingerprint density at radius 1 is 1.04 bits per heavy atom. The number of hydrogen-bond donors (Lipinski definition) is 0. The molecule has 2 aliphatic rings. The van der Waals surface area contributed by atoms with E-state index in [0.717, 1.165) is 44.6 Å². The summed E-state index contributed by atoms with van der Waals surface area (Å²) in [5.41, 5.74) is 2.48. The zero-order valence-electron chi connectivity index (χ0n) is 16.3. The van der Waals surface area contributed by atoms with Gasteiger partial charge in [-0.1, -0.05) is 44.2 Å². The van der Waals surface area contributed by atoms with Crippen molar-refractivity contribution >= 4 is 5.91 Å². The van der Waals surface area contributed by atoms with Gasteiger partial charge in [0.1, 0.15) is 0 Å². The third-order valence-corrected chi connectivity index (χ3v) is 6.37. The molecule has 0 radical (unpaired) electrons. The molecule has 0 aliphatic carbocycles. The standard InChI is InChI=1S/C23H29N3O/c1-23(2)17-26(16-21(23)18-6-4-3-5-7-18)20-10-14-25(15-11-20)22(27)19-8-12-24-13-9-19/h3-9,12-13,20-21H,10-11,14-17H2,1-2H3/t21-/m0/s1. The number of carbonyl (C=O) groups is 1. The van der Waals surface area contributed by atoms with Gasteiger partial charge in [-0.25, -0.2) is 0 Å². The van der Waals surface area contributed by atoms with E-state index in [2.05, 4.69) is 54.1 Å². The van der Waals surface area contributed by atoms with Crippen LogP contribution in [0.4, 0.5) is 0 Å². The third-order valence-electron chi connectivity index (χ3n) is 6.37. The van der Waals surface area contributed by atoms with E-state index in [9.17, 15) is 4.79 Å². The van der Waals surface area contributed by atoms with Crippen LogP contribution in [0.25, 0.3) is 0 Å². The molecule has 0 bridgehead atoms. The largest absolute Gasteiger partial charge is 0.339 e. The molecular weight excluding hydrogens is 334 g/mol. The Hall–Kier alpha value is -2.20. The normalized spacial score (nSPS) is 23.5. The zero-order chi connectivity index (χ0) is 18.9. The molecule has 1 aromatic carbocycles. The molecule has 1 atom stereocenters. The Balaban J connectivity index is 1.38. The molecule has 4 heteroatoms. The van der Waals surface area contributed by atoms with E-state index in [4.69, 9.17) is 0 Å². The quantitative estimate of drug-likeness (QED) is 0.832. The molecule has 0 N–H and O–H groups in total. The zero-order valence-corrected chi connectivity index (χ0v) is 16.3. The Bertz CT molecular complexity index is 767. The van der Waals surface area contributed by atoms with Gasteiger partial charge in [0.2, 0.25) is 0 Å². The first-order chi connectivity index (χ1) is 13.0. The third kappa shape index (κ3) is 3.77. The number of carbonyl (C=O) groups excluding carboxylic acids is 1. The van der Waals surface area contributed by atoms with Crippen LogP contribution in [-0.2, 0) is 0 Å². The Labute approximate surface area is 162 Å². The molecule has 0 saturated carbocycles. The van der Waals surface area contributed by atoms with E-state index in [1.54, 1.807) is 12.4 Å². The summed E-state index contributed by atoms with van der Waals surface area (Å²) < 4.78 is 0. The van der Waals surface area contributed by atoms with Crippen LogP contribution in [0.5, 0.6) is 0 Å². The van der Waals surface area contributed by atoms with Crippen molar-refractivity contribution in [1.82, 2.24) is 14.8 Å². The van der Waals surface area contributed by atoms with E-state index in [0.29, 0.717) is 12.0 Å². The van der Waals surface area contributed by atoms with Crippen molar-refractivity contribution in [1.29, 1.82) is 0 Å². The monoisotopic (exact) mass is 363 g/mol. The van der Waals surface area contributed by atoms with Crippen molar-refractivity contribution in [3.05, 3.63) is 66.0 Å². The summed E-state index contributed by atoms with van der Waals surface area (Å²) >= 11 is 0. The second-order valence-corrected chi connectivity index (χ2v) is 8.64. The highest BCUT2D eigenvalue weighted by Crippen LogP contribution is 2.43. The van der Waals surface area contributed by atoms with E-state index in [1.165, 1.54) is 5.56 Å². The summed E-state index contributed by atoms with van der Waals surface area (Å²) in [6.07, 6.45) is 5.51. The summed E-state index contributed by atoms with van der Waals surface area (Å²) in [7, 11) is 0. The molecule has 0 spiro atoms. The minimum Gasteiger partial charge on any atom is -0.339 e. The van der Waals surface area contributed by atoms with Crippen LogP contribution in [0.15, 0.2) is 54.9 Å². The van der Waals surface area contributed by atoms with Crippen LogP contribution in [0, 0.1) is 5.41 Å². The topological polar surface area (TPSA) is 36.4 Å². The molecule has 2 aliphatic heterocycles. The molecule has 4 rings (SSSR count). The lowest BCUT2D eigenvalue weighted by molar-refractivity contribution is 0.0635. The molecule has 2 aromatic rings. The average Bonchev–Trinajstić information content (AvgIpc) is 3.04. The van der Waals surface area contributed by atoms with Crippen LogP contribution >= 0.6 is 0 Å². The van der Waals surface area contributed by atoms with Gasteiger partial charge < -0.3 is 4.90 Å². The van der Waals surface area contributed by atoms with Gasteiger partial charge in [-0.2, -0.15) is 0 Å². The number of likely N-dealkylation sites (tertiary alicyclic amines) is 2. The lowest BCUT2D eigenvalue weighted by atomic mass is 9.78. The van der Waals surface area contributed by atoms with E-state index >= 15 is 0 Å². The number of amides is 1. The summed E-state index contributed by atoms with van der Waals surface area (Å²) in [6, 6.07) is 15.1. The maximum atomic E-state index is 12.7. The van der Waals surface area contributed by atoms with Gasteiger partial charge in [0.15, 0.2) is 0 Å². The van der Waals surface area contributed by atoms with E-state index in [-0.39, 0.29) is 11.3 Å². The number of piperidine rings is 1. The van der Waals surface area contributed by atoms with Crippen LogP contribution < -0.4 is 0 Å². The molecule has 2 fully saturated rings. The molecule has 1 aromatic heterocycles. The molecule has 0 unspecified atom stereocenters. The van der Waals surface area contributed by atoms with Crippen LogP contribution in [-0.4, -0.2) is 52.9 Å². The molecule has 27 heavy (non-hydrogen) atoms. The first kappa shape index (κ1) is 18.2. The number of pyridine rings is 1. The maximum absolute atomic E-state index is 12.7. The summed E-state index contributed by atoms with van der Waals surface area (Å²) in [5.74, 6) is 0.718. The molecule has 3 heterocycles. The second-order valence-electron chi connectivity index (χ2n) is 8.64. The minimum absolute atomic E-state index is 0.139. The van der Waals surface area contributed by atoms with Crippen molar-refractivity contribution < 1.29 is 4.79 Å². The number of benzene rings is 1.